The third-order valence-corrected chi connectivity index (χ3v) is 13.4. The summed E-state index contributed by atoms with van der Waals surface area (Å²) in [6.45, 7) is 1.72. The highest BCUT2D eigenvalue weighted by atomic mass is 19.3. The Bertz CT molecular complexity index is 2610. The van der Waals surface area contributed by atoms with Gasteiger partial charge in [0.25, 0.3) is 18.3 Å². The summed E-state index contributed by atoms with van der Waals surface area (Å²) in [5.41, 5.74) is 0.364. The van der Waals surface area contributed by atoms with Crippen molar-refractivity contribution in [1.29, 1.82) is 0 Å². The van der Waals surface area contributed by atoms with Gasteiger partial charge in [0, 0.05) is 39.0 Å². The minimum Gasteiger partial charge on any atom is -0.374 e. The molecule has 61 heavy (non-hydrogen) atoms. The fraction of sp³-hybridized carbons (Fsp3) is 0.537. The van der Waals surface area contributed by atoms with Crippen molar-refractivity contribution in [1.82, 2.24) is 43.7 Å². The van der Waals surface area contributed by atoms with Crippen LogP contribution in [0.3, 0.4) is 0 Å². The van der Waals surface area contributed by atoms with E-state index in [2.05, 4.69) is 25.7 Å². The van der Waals surface area contributed by atoms with E-state index < -0.39 is 60.0 Å². The molecule has 2 N–H and O–H groups in total. The Kier molecular flexibility index (Phi) is 9.76. The van der Waals surface area contributed by atoms with Crippen molar-refractivity contribution in [2.45, 2.75) is 93.9 Å². The smallest absolute Gasteiger partial charge is 0.329 e. The molecule has 4 aromatic heterocycles. The van der Waals surface area contributed by atoms with Crippen molar-refractivity contribution >= 4 is 45.9 Å². The van der Waals surface area contributed by atoms with Crippen LogP contribution < -0.4 is 21.2 Å². The molecule has 0 radical (unpaired) electrons. The minimum atomic E-state index is -3.12. The van der Waals surface area contributed by atoms with Crippen molar-refractivity contribution in [2.24, 2.45) is 13.0 Å². The van der Waals surface area contributed by atoms with E-state index >= 15 is 8.78 Å². The number of para-hydroxylation sites is 1. The van der Waals surface area contributed by atoms with Crippen LogP contribution in [-0.2, 0) is 21.4 Å². The lowest BCUT2D eigenvalue weighted by atomic mass is 9.83. The van der Waals surface area contributed by atoms with Gasteiger partial charge < -0.3 is 15.0 Å². The SMILES string of the molecule is Cn1c(=O)n(C2CCC(=O)NC2=O)c2cccc([C@@H]3CCN(CC4CCC(n5cc(NC(=O)c6cnn7ccc(N8C[C@H]9C[C@@H]8CO9)nc67)c(C(F)F)n5)CC4)CC3(F)F)c21. The number of benzene rings is 1. The van der Waals surface area contributed by atoms with Gasteiger partial charge in [0.15, 0.2) is 11.3 Å². The molecule has 16 nitrogen and oxygen atoms in total. The highest BCUT2D eigenvalue weighted by molar-refractivity contribution is 6.08. The van der Waals surface area contributed by atoms with E-state index in [0.717, 1.165) is 6.42 Å². The molecule has 5 aliphatic rings. The molecule has 3 amide bonds. The second-order valence-electron chi connectivity index (χ2n) is 17.2. The summed E-state index contributed by atoms with van der Waals surface area (Å²) in [4.78, 5) is 60.1. The van der Waals surface area contributed by atoms with E-state index in [1.807, 2.05) is 6.07 Å². The molecule has 20 heteroatoms. The zero-order valence-corrected chi connectivity index (χ0v) is 33.4. The largest absolute Gasteiger partial charge is 0.374 e. The number of ether oxygens (including phenoxy) is 1. The molecular weight excluding hydrogens is 803 g/mol. The van der Waals surface area contributed by atoms with Crippen molar-refractivity contribution in [3.05, 3.63) is 70.2 Å². The van der Waals surface area contributed by atoms with Crippen LogP contribution in [0.5, 0.6) is 0 Å². The summed E-state index contributed by atoms with van der Waals surface area (Å²) >= 11 is 0. The summed E-state index contributed by atoms with van der Waals surface area (Å²) in [7, 11) is 1.51. The Labute approximate surface area is 345 Å². The van der Waals surface area contributed by atoms with E-state index in [-0.39, 0.29) is 54.6 Å². The summed E-state index contributed by atoms with van der Waals surface area (Å²) in [6.07, 6.45) is 5.56. The monoisotopic (exact) mass is 847 g/mol. The number of aromatic nitrogens is 7. The van der Waals surface area contributed by atoms with Crippen LogP contribution in [-0.4, -0.2) is 107 Å². The average molecular weight is 848 g/mol. The number of nitrogens with one attached hydrogen (secondary N) is 2. The predicted octanol–water partition coefficient (Wildman–Crippen LogP) is 4.58. The number of morpholine rings is 1. The highest BCUT2D eigenvalue weighted by Crippen LogP contribution is 2.44. The van der Waals surface area contributed by atoms with Crippen molar-refractivity contribution in [3.63, 3.8) is 0 Å². The number of nitrogens with zero attached hydrogens (tertiary/aromatic N) is 9. The van der Waals surface area contributed by atoms with Gasteiger partial charge in [-0.2, -0.15) is 10.2 Å². The molecule has 4 aliphatic heterocycles. The first-order valence-electron chi connectivity index (χ1n) is 20.9. The van der Waals surface area contributed by atoms with Crippen LogP contribution in [0.2, 0.25) is 0 Å². The van der Waals surface area contributed by atoms with Crippen LogP contribution in [0.15, 0.2) is 47.7 Å². The van der Waals surface area contributed by atoms with Crippen molar-refractivity contribution in [3.8, 4) is 0 Å². The Balaban J connectivity index is 0.782. The Morgan fingerprint density at radius 2 is 1.89 bits per heavy atom. The van der Waals surface area contributed by atoms with Crippen molar-refractivity contribution < 1.29 is 36.7 Å². The number of amides is 3. The summed E-state index contributed by atoms with van der Waals surface area (Å²) in [5.74, 6) is -5.13. The van der Waals surface area contributed by atoms with Gasteiger partial charge in [-0.3, -0.25) is 38.4 Å². The number of aryl methyl sites for hydroxylation is 1. The number of piperidine rings is 2. The third-order valence-electron chi connectivity index (χ3n) is 13.4. The third kappa shape index (κ3) is 6.96. The quantitative estimate of drug-likeness (QED) is 0.159. The molecule has 10 rings (SSSR count). The Hall–Kier alpha value is -5.63. The fourth-order valence-corrected chi connectivity index (χ4v) is 10.4. The zero-order valence-electron chi connectivity index (χ0n) is 33.4. The summed E-state index contributed by atoms with van der Waals surface area (Å²) < 4.78 is 72.3. The number of halogens is 4. The molecule has 0 spiro atoms. The van der Waals surface area contributed by atoms with E-state index in [9.17, 15) is 28.0 Å². The second-order valence-corrected chi connectivity index (χ2v) is 17.2. The van der Waals surface area contributed by atoms with Gasteiger partial charge in [0.05, 0.1) is 60.2 Å². The molecule has 5 fully saturated rings. The van der Waals surface area contributed by atoms with Crippen LogP contribution >= 0.6 is 0 Å². The number of hydrogen-bond donors (Lipinski definition) is 2. The van der Waals surface area contributed by atoms with Gasteiger partial charge in [-0.25, -0.2) is 31.9 Å². The molecule has 5 aromatic rings. The van der Waals surface area contributed by atoms with Gasteiger partial charge in [-0.1, -0.05) is 12.1 Å². The lowest BCUT2D eigenvalue weighted by Gasteiger charge is -2.41. The van der Waals surface area contributed by atoms with Crippen LogP contribution in [0.1, 0.15) is 97.4 Å². The first-order valence-corrected chi connectivity index (χ1v) is 20.9. The number of fused-ring (bicyclic) bond motifs is 4. The topological polar surface area (TPSA) is 166 Å². The van der Waals surface area contributed by atoms with E-state index in [1.165, 1.54) is 37.8 Å². The minimum absolute atomic E-state index is 0.0717. The maximum absolute atomic E-state index is 16.2. The standard InChI is InChI=1S/C41H45F4N11O5/c1-51-35-26(3-2-4-30(35)56(40(51)60)31-9-10-33(57)49-39(31)59)28-11-13-52(21-41(28,44)45)17-22-5-7-23(8-6-22)55-19-29(34(50-55)36(42)43)47-38(58)27-16-46-54-14-12-32(48-37(27)54)53-18-25-15-24(53)20-61-25/h2-4,12,14,16,19,22-25,28,31,36H,5-11,13,15,17-18,20-21H2,1H3,(H,47,58)(H,49,57,59)/t22?,23?,24-,25-,28+,31?/m1/s1. The van der Waals surface area contributed by atoms with E-state index in [1.54, 1.807) is 29.3 Å². The zero-order chi connectivity index (χ0) is 42.3. The highest BCUT2D eigenvalue weighted by Gasteiger charge is 2.47. The van der Waals surface area contributed by atoms with E-state index in [0.29, 0.717) is 80.0 Å². The molecule has 1 aliphatic carbocycles. The van der Waals surface area contributed by atoms with Crippen LogP contribution in [0, 0.1) is 5.92 Å². The number of imidazole rings is 1. The molecule has 2 bridgehead atoms. The number of alkyl halides is 4. The normalized spacial score (nSPS) is 26.8. The number of likely N-dealkylation sites (tertiary alicyclic amines) is 1. The molecule has 1 unspecified atom stereocenters. The number of rotatable bonds is 9. The number of anilines is 2. The van der Waals surface area contributed by atoms with Crippen LogP contribution in [0.25, 0.3) is 16.7 Å². The molecule has 1 aromatic carbocycles. The van der Waals surface area contributed by atoms with Gasteiger partial charge in [0.1, 0.15) is 17.4 Å². The van der Waals surface area contributed by atoms with Gasteiger partial charge in [0.2, 0.25) is 11.8 Å². The molecule has 4 atom stereocenters. The second kappa shape index (κ2) is 15.1. The number of hydrogen-bond acceptors (Lipinski definition) is 10. The summed E-state index contributed by atoms with van der Waals surface area (Å²) in [5, 5.41) is 13.4. The van der Waals surface area contributed by atoms with Crippen molar-refractivity contribution in [2.75, 3.05) is 43.0 Å². The van der Waals surface area contributed by atoms with Gasteiger partial charge in [-0.05, 0) is 75.1 Å². The number of carbonyl (C=O) groups is 3. The lowest BCUT2D eigenvalue weighted by molar-refractivity contribution is -0.135. The molecular formula is C41H45F4N11O5. The lowest BCUT2D eigenvalue weighted by Crippen LogP contribution is -2.49. The molecule has 8 heterocycles. The average Bonchev–Trinajstić information content (AvgIpc) is 4.08. The molecule has 1 saturated carbocycles. The molecule has 4 saturated heterocycles. The Morgan fingerprint density at radius 3 is 2.61 bits per heavy atom. The van der Waals surface area contributed by atoms with Gasteiger partial charge >= 0.3 is 5.69 Å². The maximum atomic E-state index is 16.2. The number of carbonyl (C=O) groups excluding carboxylic acids is 3. The molecule has 322 valence electrons. The fourth-order valence-electron chi connectivity index (χ4n) is 10.4. The first-order chi connectivity index (χ1) is 29.3. The number of imide groups is 1. The maximum Gasteiger partial charge on any atom is 0.329 e. The van der Waals surface area contributed by atoms with E-state index in [4.69, 9.17) is 9.72 Å². The summed E-state index contributed by atoms with van der Waals surface area (Å²) in [6, 6.07) is 5.80. The Morgan fingerprint density at radius 1 is 1.07 bits per heavy atom. The van der Waals surface area contributed by atoms with Crippen LogP contribution in [0.4, 0.5) is 29.1 Å². The van der Waals surface area contributed by atoms with Gasteiger partial charge in [-0.15, -0.1) is 0 Å². The first kappa shape index (κ1) is 39.5. The predicted molar refractivity (Wildman–Crippen MR) is 212 cm³/mol.